The highest BCUT2D eigenvalue weighted by Gasteiger charge is 2.34. The molecule has 21 heavy (non-hydrogen) atoms. The zero-order valence-electron chi connectivity index (χ0n) is 11.7. The van der Waals surface area contributed by atoms with Crippen molar-refractivity contribution >= 4 is 28.8 Å². The average Bonchev–Trinajstić information content (AvgIpc) is 2.47. The Bertz CT molecular complexity index is 726. The molecule has 2 aromatic carbocycles. The van der Waals surface area contributed by atoms with Gasteiger partial charge in [-0.3, -0.25) is 4.79 Å². The van der Waals surface area contributed by atoms with Crippen molar-refractivity contribution in [1.29, 1.82) is 0 Å². The van der Waals surface area contributed by atoms with Crippen molar-refractivity contribution in [2.24, 2.45) is 5.73 Å². The molecule has 0 saturated heterocycles. The van der Waals surface area contributed by atoms with Crippen LogP contribution in [0.3, 0.4) is 0 Å². The molecule has 3 nitrogen and oxygen atoms in total. The van der Waals surface area contributed by atoms with E-state index in [1.54, 1.807) is 11.9 Å². The Labute approximate surface area is 129 Å². The van der Waals surface area contributed by atoms with Crippen molar-refractivity contribution in [3.63, 3.8) is 0 Å². The summed E-state index contributed by atoms with van der Waals surface area (Å²) >= 11 is 5.07. The first-order valence-electron chi connectivity index (χ1n) is 6.84. The summed E-state index contributed by atoms with van der Waals surface area (Å²) in [7, 11) is 1.78. The smallest absolute Gasteiger partial charge is 0.234 e. The summed E-state index contributed by atoms with van der Waals surface area (Å²) in [6.45, 7) is 0. The van der Waals surface area contributed by atoms with Crippen LogP contribution in [0.2, 0.25) is 0 Å². The Morgan fingerprint density at radius 3 is 2.57 bits per heavy atom. The molecular formula is C17H16N2OS. The molecule has 0 saturated carbocycles. The van der Waals surface area contributed by atoms with E-state index in [0.717, 1.165) is 23.2 Å². The van der Waals surface area contributed by atoms with Crippen LogP contribution in [0, 0.1) is 0 Å². The minimum Gasteiger partial charge on any atom is -0.389 e. The summed E-state index contributed by atoms with van der Waals surface area (Å²) < 4.78 is 0. The topological polar surface area (TPSA) is 46.3 Å². The first kappa shape index (κ1) is 13.8. The molecule has 0 spiro atoms. The molecule has 2 N–H and O–H groups in total. The normalized spacial score (nSPS) is 15.8. The first-order valence-corrected chi connectivity index (χ1v) is 7.24. The monoisotopic (exact) mass is 296 g/mol. The zero-order valence-corrected chi connectivity index (χ0v) is 12.6. The van der Waals surface area contributed by atoms with Gasteiger partial charge in [-0.1, -0.05) is 48.6 Å². The van der Waals surface area contributed by atoms with Gasteiger partial charge in [0.15, 0.2) is 0 Å². The van der Waals surface area contributed by atoms with Crippen molar-refractivity contribution in [3.8, 4) is 0 Å². The Morgan fingerprint density at radius 2 is 1.86 bits per heavy atom. The number of likely N-dealkylation sites (N-methyl/N-ethyl adjacent to an activating group) is 1. The second-order valence-corrected chi connectivity index (χ2v) is 5.67. The van der Waals surface area contributed by atoms with Gasteiger partial charge in [0, 0.05) is 12.6 Å². The van der Waals surface area contributed by atoms with E-state index < -0.39 is 0 Å². The third-order valence-corrected chi connectivity index (χ3v) is 4.23. The highest BCUT2D eigenvalue weighted by atomic mass is 32.1. The van der Waals surface area contributed by atoms with Crippen molar-refractivity contribution in [1.82, 2.24) is 0 Å². The van der Waals surface area contributed by atoms with Crippen LogP contribution >= 0.6 is 12.2 Å². The second-order valence-electron chi connectivity index (χ2n) is 5.23. The molecule has 1 aliphatic carbocycles. The maximum atomic E-state index is 12.7. The number of carbonyl (C=O) groups is 1. The Kier molecular flexibility index (Phi) is 3.47. The van der Waals surface area contributed by atoms with E-state index in [-0.39, 0.29) is 11.8 Å². The van der Waals surface area contributed by atoms with Crippen LogP contribution < -0.4 is 10.6 Å². The van der Waals surface area contributed by atoms with Crippen LogP contribution in [0.25, 0.3) is 0 Å². The lowest BCUT2D eigenvalue weighted by Crippen LogP contribution is -2.37. The molecule has 106 valence electrons. The molecule has 0 radical (unpaired) electrons. The third kappa shape index (κ3) is 2.32. The number of amides is 1. The zero-order chi connectivity index (χ0) is 15.0. The van der Waals surface area contributed by atoms with Crippen molar-refractivity contribution in [3.05, 3.63) is 65.2 Å². The number of benzene rings is 2. The van der Waals surface area contributed by atoms with Gasteiger partial charge in [-0.15, -0.1) is 0 Å². The standard InChI is InChI=1S/C17H16N2OS/c1-19(15-9-5-4-8-13(15)16(18)21)17(20)14-10-11-6-2-3-7-12(11)14/h2-9,14H,10H2,1H3,(H2,18,21). The number of nitrogens with zero attached hydrogens (tertiary/aromatic N) is 1. The lowest BCUT2D eigenvalue weighted by atomic mass is 9.77. The molecule has 0 fully saturated rings. The molecule has 1 amide bonds. The fourth-order valence-corrected chi connectivity index (χ4v) is 2.98. The fraction of sp³-hybridized carbons (Fsp3) is 0.176. The van der Waals surface area contributed by atoms with Crippen LogP contribution in [0.15, 0.2) is 48.5 Å². The summed E-state index contributed by atoms with van der Waals surface area (Å²) in [5.74, 6) is 0.0167. The summed E-state index contributed by atoms with van der Waals surface area (Å²) in [5.41, 5.74) is 9.62. The minimum absolute atomic E-state index is 0.0643. The number of thiocarbonyl (C=S) groups is 1. The Balaban J connectivity index is 1.89. The van der Waals surface area contributed by atoms with Crippen LogP contribution in [0.5, 0.6) is 0 Å². The molecule has 2 aromatic rings. The third-order valence-electron chi connectivity index (χ3n) is 4.01. The number of nitrogens with two attached hydrogens (primary N) is 1. The molecular weight excluding hydrogens is 280 g/mol. The quantitative estimate of drug-likeness (QED) is 0.886. The number of anilines is 1. The first-order chi connectivity index (χ1) is 10.1. The average molecular weight is 296 g/mol. The van der Waals surface area contributed by atoms with Crippen LogP contribution in [-0.4, -0.2) is 17.9 Å². The van der Waals surface area contributed by atoms with E-state index in [0.29, 0.717) is 4.99 Å². The molecule has 1 aliphatic rings. The number of fused-ring (bicyclic) bond motifs is 1. The lowest BCUT2D eigenvalue weighted by molar-refractivity contribution is -0.120. The maximum absolute atomic E-state index is 12.7. The van der Waals surface area contributed by atoms with Gasteiger partial charge in [0.2, 0.25) is 5.91 Å². The lowest BCUT2D eigenvalue weighted by Gasteiger charge is -2.33. The molecule has 0 aromatic heterocycles. The van der Waals surface area contributed by atoms with Crippen LogP contribution in [-0.2, 0) is 11.2 Å². The number of hydrogen-bond acceptors (Lipinski definition) is 2. The highest BCUT2D eigenvalue weighted by molar-refractivity contribution is 7.80. The van der Waals surface area contributed by atoms with Crippen LogP contribution in [0.1, 0.15) is 22.6 Å². The largest absolute Gasteiger partial charge is 0.389 e. The van der Waals surface area contributed by atoms with Crippen molar-refractivity contribution in [2.45, 2.75) is 12.3 Å². The maximum Gasteiger partial charge on any atom is 0.234 e. The van der Waals surface area contributed by atoms with Gasteiger partial charge in [-0.25, -0.2) is 0 Å². The molecule has 0 bridgehead atoms. The number of para-hydroxylation sites is 1. The molecule has 0 aliphatic heterocycles. The highest BCUT2D eigenvalue weighted by Crippen LogP contribution is 2.37. The fourth-order valence-electron chi connectivity index (χ4n) is 2.81. The Hall–Kier alpha value is -2.20. The number of hydrogen-bond donors (Lipinski definition) is 1. The van der Waals surface area contributed by atoms with Gasteiger partial charge in [0.1, 0.15) is 4.99 Å². The van der Waals surface area contributed by atoms with Gasteiger partial charge in [-0.2, -0.15) is 0 Å². The van der Waals surface area contributed by atoms with Crippen molar-refractivity contribution < 1.29 is 4.79 Å². The molecule has 1 unspecified atom stereocenters. The summed E-state index contributed by atoms with van der Waals surface area (Å²) in [4.78, 5) is 14.7. The predicted octanol–water partition coefficient (Wildman–Crippen LogP) is 2.62. The summed E-state index contributed by atoms with van der Waals surface area (Å²) in [5, 5.41) is 0. The van der Waals surface area contributed by atoms with E-state index in [9.17, 15) is 4.79 Å². The van der Waals surface area contributed by atoms with E-state index in [4.69, 9.17) is 18.0 Å². The summed E-state index contributed by atoms with van der Waals surface area (Å²) in [6.07, 6.45) is 0.800. The van der Waals surface area contributed by atoms with E-state index in [1.807, 2.05) is 42.5 Å². The number of rotatable bonds is 3. The van der Waals surface area contributed by atoms with Gasteiger partial charge in [-0.05, 0) is 29.7 Å². The van der Waals surface area contributed by atoms with Crippen molar-refractivity contribution in [2.75, 3.05) is 11.9 Å². The SMILES string of the molecule is CN(C(=O)C1Cc2ccccc21)c1ccccc1C(N)=S. The number of carbonyl (C=O) groups excluding carboxylic acids is 1. The minimum atomic E-state index is -0.0643. The molecule has 4 heteroatoms. The molecule has 3 rings (SSSR count). The van der Waals surface area contributed by atoms with Gasteiger partial charge in [0.25, 0.3) is 0 Å². The van der Waals surface area contributed by atoms with Gasteiger partial charge < -0.3 is 10.6 Å². The Morgan fingerprint density at radius 1 is 1.19 bits per heavy atom. The molecule has 1 atom stereocenters. The molecule has 0 heterocycles. The predicted molar refractivity (Wildman–Crippen MR) is 88.6 cm³/mol. The van der Waals surface area contributed by atoms with E-state index in [2.05, 4.69) is 6.07 Å². The second kappa shape index (κ2) is 5.30. The van der Waals surface area contributed by atoms with Gasteiger partial charge >= 0.3 is 0 Å². The van der Waals surface area contributed by atoms with Gasteiger partial charge in [0.05, 0.1) is 11.6 Å². The van der Waals surface area contributed by atoms with E-state index in [1.165, 1.54) is 5.56 Å². The summed E-state index contributed by atoms with van der Waals surface area (Å²) in [6, 6.07) is 15.5. The van der Waals surface area contributed by atoms with Crippen LogP contribution in [0.4, 0.5) is 5.69 Å². The van der Waals surface area contributed by atoms with E-state index >= 15 is 0 Å².